The number of carbonyl (C=O) groups excluding carboxylic acids is 2. The molecule has 4 aliphatic carbocycles. The topological polar surface area (TPSA) is 102 Å². The van der Waals surface area contributed by atoms with E-state index in [1.807, 2.05) is 47.0 Å². The van der Waals surface area contributed by atoms with Crippen molar-refractivity contribution in [3.63, 3.8) is 0 Å². The highest BCUT2D eigenvalue weighted by molar-refractivity contribution is 7.99. The molecule has 10 heteroatoms. The fraction of sp³-hybridized carbons (Fsp3) is 0.433. The van der Waals surface area contributed by atoms with Gasteiger partial charge in [0, 0.05) is 5.41 Å². The quantitative estimate of drug-likeness (QED) is 0.257. The molecular weight excluding hydrogens is 541 g/mol. The monoisotopic (exact) mass is 572 g/mol. The number of fused-ring (bicyclic) bond motifs is 1. The summed E-state index contributed by atoms with van der Waals surface area (Å²) in [6.07, 6.45) is 7.03. The van der Waals surface area contributed by atoms with E-state index in [-0.39, 0.29) is 23.0 Å². The number of nitrogens with one attached hydrogen (secondary N) is 2. The lowest BCUT2D eigenvalue weighted by Gasteiger charge is -2.55. The molecular formula is C30H32N6O2S2. The van der Waals surface area contributed by atoms with E-state index in [4.69, 9.17) is 0 Å². The van der Waals surface area contributed by atoms with Gasteiger partial charge in [-0.3, -0.25) is 9.59 Å². The van der Waals surface area contributed by atoms with Crippen LogP contribution in [0, 0.1) is 23.2 Å². The maximum Gasteiger partial charge on any atom is 0.236 e. The fourth-order valence-corrected chi connectivity index (χ4v) is 9.07. The highest BCUT2D eigenvalue weighted by Crippen LogP contribution is 2.60. The fourth-order valence-electron chi connectivity index (χ4n) is 7.43. The molecule has 2 amide bonds. The molecule has 2 aromatic carbocycles. The van der Waals surface area contributed by atoms with Crippen LogP contribution in [0.3, 0.4) is 0 Å². The first-order valence-electron chi connectivity index (χ1n) is 14.1. The van der Waals surface area contributed by atoms with E-state index in [2.05, 4.69) is 37.9 Å². The molecule has 206 valence electrons. The van der Waals surface area contributed by atoms with Gasteiger partial charge in [0.1, 0.15) is 0 Å². The summed E-state index contributed by atoms with van der Waals surface area (Å²) in [4.78, 5) is 30.8. The van der Waals surface area contributed by atoms with Crippen LogP contribution in [0.15, 0.2) is 59.8 Å². The van der Waals surface area contributed by atoms with Crippen LogP contribution < -0.4 is 10.6 Å². The zero-order valence-electron chi connectivity index (χ0n) is 22.2. The zero-order chi connectivity index (χ0) is 27.1. The Morgan fingerprint density at radius 1 is 0.950 bits per heavy atom. The first-order chi connectivity index (χ1) is 19.5. The van der Waals surface area contributed by atoms with Crippen molar-refractivity contribution in [2.75, 3.05) is 11.1 Å². The van der Waals surface area contributed by atoms with Crippen molar-refractivity contribution in [3.8, 4) is 0 Å². The number of thiazole rings is 1. The lowest BCUT2D eigenvalue weighted by molar-refractivity contribution is -0.146. The molecule has 40 heavy (non-hydrogen) atoms. The summed E-state index contributed by atoms with van der Waals surface area (Å²) in [6.45, 7) is 0.900. The van der Waals surface area contributed by atoms with Crippen molar-refractivity contribution in [2.24, 2.45) is 23.2 Å². The van der Waals surface area contributed by atoms with Crippen LogP contribution in [0.1, 0.15) is 49.9 Å². The minimum Gasteiger partial charge on any atom is -0.348 e. The number of amides is 2. The molecule has 2 heterocycles. The van der Waals surface area contributed by atoms with E-state index in [9.17, 15) is 9.59 Å². The van der Waals surface area contributed by atoms with Gasteiger partial charge in [-0.15, -0.1) is 10.2 Å². The Morgan fingerprint density at radius 2 is 1.65 bits per heavy atom. The van der Waals surface area contributed by atoms with Crippen molar-refractivity contribution in [1.29, 1.82) is 0 Å². The van der Waals surface area contributed by atoms with Crippen LogP contribution in [-0.2, 0) is 22.7 Å². The minimum absolute atomic E-state index is 0.144. The van der Waals surface area contributed by atoms with Crippen LogP contribution in [0.5, 0.6) is 0 Å². The average molecular weight is 573 g/mol. The Labute approximate surface area is 241 Å². The van der Waals surface area contributed by atoms with Crippen molar-refractivity contribution < 1.29 is 9.59 Å². The number of hydrogen-bond acceptors (Lipinski definition) is 7. The summed E-state index contributed by atoms with van der Waals surface area (Å²) < 4.78 is 3.05. The van der Waals surface area contributed by atoms with Gasteiger partial charge in [0.2, 0.25) is 11.8 Å². The number of carbonyl (C=O) groups is 2. The van der Waals surface area contributed by atoms with Crippen LogP contribution in [0.25, 0.3) is 10.2 Å². The van der Waals surface area contributed by atoms with Crippen molar-refractivity contribution in [2.45, 2.75) is 56.8 Å². The molecule has 4 aliphatic rings. The number of rotatable bonds is 9. The van der Waals surface area contributed by atoms with Crippen LogP contribution in [-0.4, -0.2) is 37.3 Å². The first-order valence-corrected chi connectivity index (χ1v) is 15.9. The summed E-state index contributed by atoms with van der Waals surface area (Å²) in [7, 11) is 0. The largest absolute Gasteiger partial charge is 0.348 e. The Bertz CT molecular complexity index is 1480. The number of para-hydroxylation sites is 1. The van der Waals surface area contributed by atoms with Gasteiger partial charge in [-0.05, 0) is 74.0 Å². The Kier molecular flexibility index (Phi) is 6.83. The third-order valence-electron chi connectivity index (χ3n) is 8.78. The summed E-state index contributed by atoms with van der Waals surface area (Å²) in [6, 6.07) is 18.0. The maximum absolute atomic E-state index is 13.6. The smallest absolute Gasteiger partial charge is 0.236 e. The summed E-state index contributed by atoms with van der Waals surface area (Å²) in [5.41, 5.74) is 1.78. The molecule has 0 aliphatic heterocycles. The number of thioether (sulfide) groups is 1. The average Bonchev–Trinajstić information content (AvgIpc) is 3.53. The van der Waals surface area contributed by atoms with Gasteiger partial charge in [-0.1, -0.05) is 65.6 Å². The second-order valence-corrected chi connectivity index (χ2v) is 13.6. The van der Waals surface area contributed by atoms with E-state index in [1.54, 1.807) is 0 Å². The minimum atomic E-state index is -0.199. The molecule has 8 rings (SSSR count). The van der Waals surface area contributed by atoms with Crippen molar-refractivity contribution in [3.05, 3.63) is 66.0 Å². The molecule has 2 N–H and O–H groups in total. The van der Waals surface area contributed by atoms with Crippen molar-refractivity contribution >= 4 is 50.3 Å². The van der Waals surface area contributed by atoms with Gasteiger partial charge in [0.05, 0.1) is 29.1 Å². The molecule has 4 aromatic rings. The second-order valence-electron chi connectivity index (χ2n) is 11.7. The lowest BCUT2D eigenvalue weighted by atomic mass is 9.49. The second kappa shape index (κ2) is 10.6. The zero-order valence-corrected chi connectivity index (χ0v) is 23.8. The number of anilines is 1. The van der Waals surface area contributed by atoms with Crippen LogP contribution in [0.2, 0.25) is 0 Å². The number of aromatic nitrogens is 4. The normalized spacial score (nSPS) is 24.9. The standard InChI is InChI=1S/C30H32N6O2S2/c37-26(33-28-32-23-8-4-5-9-24(23)40-28)18-39-29-35-34-25(36(29)17-19-6-2-1-3-7-19)16-31-27(38)30-13-20-10-21(14-30)12-22(11-20)15-30/h1-9,20-22H,10-18H2,(H,31,38)(H,32,33,37). The van der Waals surface area contributed by atoms with Crippen LogP contribution >= 0.6 is 23.1 Å². The highest BCUT2D eigenvalue weighted by atomic mass is 32.2. The Morgan fingerprint density at radius 3 is 2.38 bits per heavy atom. The van der Waals surface area contributed by atoms with Gasteiger partial charge in [-0.2, -0.15) is 0 Å². The molecule has 0 radical (unpaired) electrons. The molecule has 0 atom stereocenters. The van der Waals surface area contributed by atoms with Gasteiger partial charge < -0.3 is 15.2 Å². The number of benzene rings is 2. The van der Waals surface area contributed by atoms with Crippen molar-refractivity contribution in [1.82, 2.24) is 25.1 Å². The number of hydrogen-bond donors (Lipinski definition) is 2. The molecule has 0 saturated heterocycles. The molecule has 8 nitrogen and oxygen atoms in total. The summed E-state index contributed by atoms with van der Waals surface area (Å²) >= 11 is 2.80. The SMILES string of the molecule is O=C(CSc1nnc(CNC(=O)C23CC4CC(CC(C4)C2)C3)n1Cc1ccccc1)Nc1nc2ccccc2s1. The van der Waals surface area contributed by atoms with E-state index in [0.29, 0.717) is 29.2 Å². The molecule has 0 spiro atoms. The summed E-state index contributed by atoms with van der Waals surface area (Å²) in [5.74, 6) is 3.08. The highest BCUT2D eigenvalue weighted by Gasteiger charge is 2.54. The van der Waals surface area contributed by atoms with Gasteiger partial charge in [0.25, 0.3) is 0 Å². The Balaban J connectivity index is 1.04. The predicted octanol–water partition coefficient (Wildman–Crippen LogP) is 5.50. The van der Waals surface area contributed by atoms with E-state index in [1.165, 1.54) is 42.4 Å². The summed E-state index contributed by atoms with van der Waals surface area (Å²) in [5, 5.41) is 16.3. The third kappa shape index (κ3) is 5.14. The van der Waals surface area contributed by atoms with E-state index in [0.717, 1.165) is 52.8 Å². The molecule has 4 fully saturated rings. The third-order valence-corrected chi connectivity index (χ3v) is 10.7. The lowest BCUT2D eigenvalue weighted by Crippen LogP contribution is -2.53. The predicted molar refractivity (Wildman–Crippen MR) is 157 cm³/mol. The Hall–Kier alpha value is -3.24. The molecule has 4 saturated carbocycles. The van der Waals surface area contributed by atoms with Gasteiger partial charge in [-0.25, -0.2) is 4.98 Å². The van der Waals surface area contributed by atoms with E-state index < -0.39 is 0 Å². The number of nitrogens with zero attached hydrogens (tertiary/aromatic N) is 4. The molecule has 4 bridgehead atoms. The molecule has 2 aromatic heterocycles. The van der Waals surface area contributed by atoms with E-state index >= 15 is 0 Å². The molecule has 0 unspecified atom stereocenters. The first kappa shape index (κ1) is 25.7. The van der Waals surface area contributed by atoms with Gasteiger partial charge in [0.15, 0.2) is 16.1 Å². The van der Waals surface area contributed by atoms with Crippen LogP contribution in [0.4, 0.5) is 5.13 Å². The van der Waals surface area contributed by atoms with Gasteiger partial charge >= 0.3 is 0 Å². The maximum atomic E-state index is 13.6.